The van der Waals surface area contributed by atoms with Gasteiger partial charge in [0.25, 0.3) is 0 Å². The van der Waals surface area contributed by atoms with E-state index in [4.69, 9.17) is 21.4 Å². The average Bonchev–Trinajstić information content (AvgIpc) is 2.29. The van der Waals surface area contributed by atoms with Gasteiger partial charge in [0.15, 0.2) is 0 Å². The number of alkyl halides is 1. The lowest BCUT2D eigenvalue weighted by molar-refractivity contribution is 0.0109. The van der Waals surface area contributed by atoms with Crippen LogP contribution in [0.15, 0.2) is 0 Å². The van der Waals surface area contributed by atoms with Crippen LogP contribution in [0.5, 0.6) is 0 Å². The van der Waals surface area contributed by atoms with E-state index >= 15 is 0 Å². The van der Waals surface area contributed by atoms with Crippen LogP contribution >= 0.6 is 11.6 Å². The maximum Gasteiger partial charge on any atom is 0.214 e. The third kappa shape index (κ3) is 3.85. The lowest BCUT2D eigenvalue weighted by atomic mass is 10.3. The summed E-state index contributed by atoms with van der Waals surface area (Å²) >= 11 is 5.50. The molecular weight excluding hydrogens is 254 g/mol. The molecule has 1 N–H and O–H groups in total. The highest BCUT2D eigenvalue weighted by molar-refractivity contribution is 7.89. The van der Waals surface area contributed by atoms with Crippen molar-refractivity contribution < 1.29 is 18.3 Å². The molecule has 0 radical (unpaired) electrons. The number of ether oxygens (including phenoxy) is 1. The zero-order valence-electron chi connectivity index (χ0n) is 9.14. The zero-order valence-corrected chi connectivity index (χ0v) is 10.7. The second-order valence-electron chi connectivity index (χ2n) is 3.73. The third-order valence-electron chi connectivity index (χ3n) is 2.53. The molecular formula is C9H18ClNO4S. The van der Waals surface area contributed by atoms with E-state index in [9.17, 15) is 8.42 Å². The summed E-state index contributed by atoms with van der Waals surface area (Å²) in [6, 6.07) is -0.435. The Morgan fingerprint density at radius 3 is 2.81 bits per heavy atom. The van der Waals surface area contributed by atoms with Gasteiger partial charge in [-0.05, 0) is 12.8 Å². The molecule has 5 nitrogen and oxygen atoms in total. The van der Waals surface area contributed by atoms with Gasteiger partial charge < -0.3 is 9.84 Å². The molecule has 0 aliphatic carbocycles. The highest BCUT2D eigenvalue weighted by Gasteiger charge is 2.31. The maximum absolute atomic E-state index is 11.9. The van der Waals surface area contributed by atoms with Crippen molar-refractivity contribution in [3.05, 3.63) is 0 Å². The van der Waals surface area contributed by atoms with Crippen LogP contribution < -0.4 is 0 Å². The molecule has 1 aliphatic heterocycles. The van der Waals surface area contributed by atoms with Gasteiger partial charge in [-0.15, -0.1) is 11.6 Å². The molecule has 1 rings (SSSR count). The fourth-order valence-corrected chi connectivity index (χ4v) is 3.57. The largest absolute Gasteiger partial charge is 0.395 e. The number of unbranched alkanes of at least 4 members (excludes halogenated alkanes) is 1. The van der Waals surface area contributed by atoms with E-state index in [-0.39, 0.29) is 19.0 Å². The Morgan fingerprint density at radius 2 is 2.19 bits per heavy atom. The Labute approximate surface area is 101 Å². The van der Waals surface area contributed by atoms with Gasteiger partial charge in [0.05, 0.1) is 31.6 Å². The minimum Gasteiger partial charge on any atom is -0.395 e. The van der Waals surface area contributed by atoms with Crippen molar-refractivity contribution in [1.29, 1.82) is 0 Å². The second-order valence-corrected chi connectivity index (χ2v) is 6.15. The third-order valence-corrected chi connectivity index (χ3v) is 4.79. The van der Waals surface area contributed by atoms with Gasteiger partial charge in [-0.1, -0.05) is 0 Å². The number of hydrogen-bond acceptors (Lipinski definition) is 4. The van der Waals surface area contributed by atoms with Crippen LogP contribution in [0.4, 0.5) is 0 Å². The number of rotatable bonds is 6. The Balaban J connectivity index is 2.57. The summed E-state index contributed by atoms with van der Waals surface area (Å²) in [7, 11) is -3.28. The van der Waals surface area contributed by atoms with Crippen LogP contribution in [0.1, 0.15) is 12.8 Å². The van der Waals surface area contributed by atoms with Crippen LogP contribution in [0.3, 0.4) is 0 Å². The highest BCUT2D eigenvalue weighted by atomic mass is 35.5. The van der Waals surface area contributed by atoms with E-state index < -0.39 is 16.1 Å². The van der Waals surface area contributed by atoms with Gasteiger partial charge in [0, 0.05) is 12.4 Å². The van der Waals surface area contributed by atoms with Crippen molar-refractivity contribution in [3.63, 3.8) is 0 Å². The molecule has 0 bridgehead atoms. The Kier molecular flexibility index (Phi) is 5.99. The smallest absolute Gasteiger partial charge is 0.214 e. The summed E-state index contributed by atoms with van der Waals surface area (Å²) in [5, 5.41) is 9.09. The topological polar surface area (TPSA) is 66.8 Å². The zero-order chi connectivity index (χ0) is 12.0. The predicted octanol–water partition coefficient (Wildman–Crippen LogP) is 0.0283. The first-order chi connectivity index (χ1) is 7.61. The Hall–Kier alpha value is 0.120. The predicted molar refractivity (Wildman–Crippen MR) is 62.1 cm³/mol. The molecule has 7 heteroatoms. The van der Waals surface area contributed by atoms with Crippen molar-refractivity contribution in [3.8, 4) is 0 Å². The number of sulfonamides is 1. The monoisotopic (exact) mass is 271 g/mol. The number of morpholine rings is 1. The molecule has 96 valence electrons. The molecule has 1 fully saturated rings. The van der Waals surface area contributed by atoms with Crippen molar-refractivity contribution in [2.45, 2.75) is 18.9 Å². The lowest BCUT2D eigenvalue weighted by Gasteiger charge is -2.33. The minimum absolute atomic E-state index is 0.0935. The van der Waals surface area contributed by atoms with Crippen molar-refractivity contribution in [2.24, 2.45) is 0 Å². The fourth-order valence-electron chi connectivity index (χ4n) is 1.65. The van der Waals surface area contributed by atoms with E-state index in [2.05, 4.69) is 0 Å². The Morgan fingerprint density at radius 1 is 1.44 bits per heavy atom. The van der Waals surface area contributed by atoms with Gasteiger partial charge in [-0.3, -0.25) is 0 Å². The highest BCUT2D eigenvalue weighted by Crippen LogP contribution is 2.14. The van der Waals surface area contributed by atoms with Gasteiger partial charge in [0.1, 0.15) is 0 Å². The first-order valence-electron chi connectivity index (χ1n) is 5.36. The molecule has 0 spiro atoms. The molecule has 0 aromatic carbocycles. The number of aliphatic hydroxyl groups is 1. The number of aliphatic hydroxyl groups excluding tert-OH is 1. The maximum atomic E-state index is 11.9. The van der Waals surface area contributed by atoms with Crippen LogP contribution in [-0.2, 0) is 14.8 Å². The van der Waals surface area contributed by atoms with Crippen LogP contribution in [-0.4, -0.2) is 61.9 Å². The van der Waals surface area contributed by atoms with Gasteiger partial charge in [0.2, 0.25) is 10.0 Å². The van der Waals surface area contributed by atoms with Crippen molar-refractivity contribution in [2.75, 3.05) is 38.0 Å². The van der Waals surface area contributed by atoms with Crippen LogP contribution in [0.25, 0.3) is 0 Å². The standard InChI is InChI=1S/C9H18ClNO4S/c10-3-1-2-6-16(13,14)11-4-5-15-8-9(11)7-12/h9,12H,1-8H2. The molecule has 1 heterocycles. The van der Waals surface area contributed by atoms with Gasteiger partial charge >= 0.3 is 0 Å². The van der Waals surface area contributed by atoms with Gasteiger partial charge in [-0.25, -0.2) is 8.42 Å². The van der Waals surface area contributed by atoms with E-state index in [0.29, 0.717) is 31.9 Å². The average molecular weight is 272 g/mol. The molecule has 1 saturated heterocycles. The molecule has 0 saturated carbocycles. The summed E-state index contributed by atoms with van der Waals surface area (Å²) in [5.74, 6) is 0.568. The summed E-state index contributed by atoms with van der Waals surface area (Å²) in [5.41, 5.74) is 0. The quantitative estimate of drug-likeness (QED) is 0.547. The fraction of sp³-hybridized carbons (Fsp3) is 1.00. The summed E-state index contributed by atoms with van der Waals surface area (Å²) in [6.07, 6.45) is 1.25. The van der Waals surface area contributed by atoms with Crippen molar-refractivity contribution in [1.82, 2.24) is 4.31 Å². The lowest BCUT2D eigenvalue weighted by Crippen LogP contribution is -2.51. The molecule has 1 aliphatic rings. The second kappa shape index (κ2) is 6.76. The number of halogens is 1. The molecule has 0 aromatic rings. The molecule has 0 amide bonds. The first-order valence-corrected chi connectivity index (χ1v) is 7.50. The molecule has 16 heavy (non-hydrogen) atoms. The van der Waals surface area contributed by atoms with E-state index in [1.807, 2.05) is 0 Å². The normalized spacial score (nSPS) is 23.5. The first kappa shape index (κ1) is 14.2. The summed E-state index contributed by atoms with van der Waals surface area (Å²) in [4.78, 5) is 0. The van der Waals surface area contributed by atoms with Gasteiger partial charge in [-0.2, -0.15) is 4.31 Å². The number of hydrogen-bond donors (Lipinski definition) is 1. The van der Waals surface area contributed by atoms with Crippen LogP contribution in [0.2, 0.25) is 0 Å². The minimum atomic E-state index is -3.28. The van der Waals surface area contributed by atoms with E-state index in [1.165, 1.54) is 4.31 Å². The summed E-state index contributed by atoms with van der Waals surface area (Å²) < 4.78 is 30.4. The van der Waals surface area contributed by atoms with E-state index in [1.54, 1.807) is 0 Å². The molecule has 1 unspecified atom stereocenters. The number of nitrogens with zero attached hydrogens (tertiary/aromatic N) is 1. The van der Waals surface area contributed by atoms with Crippen molar-refractivity contribution >= 4 is 21.6 Å². The van der Waals surface area contributed by atoms with E-state index in [0.717, 1.165) is 0 Å². The SMILES string of the molecule is O=S(=O)(CCCCCl)N1CCOCC1CO. The van der Waals surface area contributed by atoms with Crippen LogP contribution in [0, 0.1) is 0 Å². The summed E-state index contributed by atoms with van der Waals surface area (Å²) in [6.45, 7) is 0.791. The molecule has 0 aromatic heterocycles. The Bertz CT molecular complexity index is 296. The molecule has 1 atom stereocenters.